The molecule has 17 heavy (non-hydrogen) atoms. The minimum absolute atomic E-state index is 0.0483. The third-order valence-electron chi connectivity index (χ3n) is 1.71. The Morgan fingerprint density at radius 1 is 1.00 bits per heavy atom. The van der Waals surface area contributed by atoms with E-state index >= 15 is 0 Å². The number of carbonyl (C=O) groups excluding carboxylic acids is 5. The molecule has 0 aromatic heterocycles. The van der Waals surface area contributed by atoms with Crippen LogP contribution in [0.1, 0.15) is 10.4 Å². The zero-order valence-electron chi connectivity index (χ0n) is 8.41. The summed E-state index contributed by atoms with van der Waals surface area (Å²) in [5, 5.41) is 0. The summed E-state index contributed by atoms with van der Waals surface area (Å²) in [4.78, 5) is 53.5. The average molecular weight is 234 g/mol. The van der Waals surface area contributed by atoms with Crippen molar-refractivity contribution in [1.82, 2.24) is 0 Å². The molecule has 0 aliphatic heterocycles. The Bertz CT molecular complexity index is 488. The summed E-state index contributed by atoms with van der Waals surface area (Å²) >= 11 is 0. The van der Waals surface area contributed by atoms with Gasteiger partial charge >= 0.3 is 17.7 Å². The number of hydrogen-bond donors (Lipinski definition) is 0. The predicted octanol–water partition coefficient (Wildman–Crippen LogP) is -0.293. The number of benzene rings is 1. The highest BCUT2D eigenvalue weighted by molar-refractivity contribution is 6.73. The molecule has 1 aromatic carbocycles. The Hall–Kier alpha value is -2.63. The van der Waals surface area contributed by atoms with E-state index in [2.05, 4.69) is 4.74 Å². The van der Waals surface area contributed by atoms with Crippen LogP contribution in [0.3, 0.4) is 0 Å². The van der Waals surface area contributed by atoms with Gasteiger partial charge in [0.05, 0.1) is 5.56 Å². The molecule has 0 aliphatic rings. The van der Waals surface area contributed by atoms with Gasteiger partial charge in [-0.15, -0.1) is 0 Å². The second-order valence-corrected chi connectivity index (χ2v) is 2.85. The molecule has 0 fully saturated rings. The Labute approximate surface area is 95.2 Å². The second kappa shape index (κ2) is 5.45. The van der Waals surface area contributed by atoms with Crippen LogP contribution in [0, 0.1) is 0 Å². The van der Waals surface area contributed by atoms with E-state index in [0.29, 0.717) is 0 Å². The number of aldehydes is 1. The third kappa shape index (κ3) is 3.16. The van der Waals surface area contributed by atoms with Crippen LogP contribution >= 0.6 is 0 Å². The fraction of sp³-hybridized carbons (Fsp3) is 0. The summed E-state index contributed by atoms with van der Waals surface area (Å²) < 4.78 is 4.11. The van der Waals surface area contributed by atoms with Gasteiger partial charge in [0.25, 0.3) is 5.78 Å². The molecule has 0 unspecified atom stereocenters. The van der Waals surface area contributed by atoms with E-state index in [0.717, 1.165) is 0 Å². The van der Waals surface area contributed by atoms with Crippen molar-refractivity contribution in [3.63, 3.8) is 0 Å². The van der Waals surface area contributed by atoms with Crippen molar-refractivity contribution in [2.24, 2.45) is 0 Å². The van der Waals surface area contributed by atoms with Gasteiger partial charge < -0.3 is 4.74 Å². The maximum Gasteiger partial charge on any atom is 0.391 e. The summed E-state index contributed by atoms with van der Waals surface area (Å²) in [6.45, 7) is 0. The van der Waals surface area contributed by atoms with Gasteiger partial charge in [-0.05, 0) is 12.1 Å². The van der Waals surface area contributed by atoms with E-state index in [1.54, 1.807) is 6.07 Å². The van der Waals surface area contributed by atoms with Crippen LogP contribution < -0.4 is 0 Å². The van der Waals surface area contributed by atoms with E-state index in [1.165, 1.54) is 24.3 Å². The summed E-state index contributed by atoms with van der Waals surface area (Å²) in [5.74, 6) is -5.97. The van der Waals surface area contributed by atoms with Crippen LogP contribution in [-0.4, -0.2) is 29.8 Å². The largest absolute Gasteiger partial charge is 0.391 e. The van der Waals surface area contributed by atoms with Gasteiger partial charge in [-0.1, -0.05) is 18.2 Å². The molecule has 0 atom stereocenters. The quantitative estimate of drug-likeness (QED) is 0.307. The molecule has 0 radical (unpaired) electrons. The average Bonchev–Trinajstić information content (AvgIpc) is 2.37. The van der Waals surface area contributed by atoms with Crippen LogP contribution in [-0.2, 0) is 23.9 Å². The molecule has 86 valence electrons. The van der Waals surface area contributed by atoms with Gasteiger partial charge in [0, 0.05) is 0 Å². The first-order valence-corrected chi connectivity index (χ1v) is 4.41. The Morgan fingerprint density at radius 3 is 2.12 bits per heavy atom. The standard InChI is InChI=1S/C11H6O6/c12-6-8(13)9(14)11(16)17-10(15)7-4-2-1-3-5-7/h1-6H. The van der Waals surface area contributed by atoms with Gasteiger partial charge in [-0.3, -0.25) is 14.4 Å². The molecule has 0 spiro atoms. The lowest BCUT2D eigenvalue weighted by molar-refractivity contribution is -0.154. The molecular weight excluding hydrogens is 228 g/mol. The molecule has 6 heteroatoms. The van der Waals surface area contributed by atoms with E-state index in [1.807, 2.05) is 0 Å². The van der Waals surface area contributed by atoms with Gasteiger partial charge in [0.15, 0.2) is 6.29 Å². The van der Waals surface area contributed by atoms with Crippen LogP contribution in [0.4, 0.5) is 0 Å². The molecule has 0 saturated heterocycles. The van der Waals surface area contributed by atoms with E-state index in [9.17, 15) is 24.0 Å². The van der Waals surface area contributed by atoms with Crippen LogP contribution in [0.5, 0.6) is 0 Å². The van der Waals surface area contributed by atoms with Crippen molar-refractivity contribution in [1.29, 1.82) is 0 Å². The lowest BCUT2D eigenvalue weighted by atomic mass is 10.2. The number of ether oxygens (including phenoxy) is 1. The molecular formula is C11H6O6. The Kier molecular flexibility index (Phi) is 3.99. The molecule has 0 amide bonds. The predicted molar refractivity (Wildman–Crippen MR) is 52.9 cm³/mol. The number of Topliss-reactive ketones (excluding diaryl/α,β-unsaturated/α-hetero) is 2. The number of esters is 2. The van der Waals surface area contributed by atoms with Crippen molar-refractivity contribution in [2.75, 3.05) is 0 Å². The van der Waals surface area contributed by atoms with Crippen molar-refractivity contribution in [2.45, 2.75) is 0 Å². The first kappa shape index (κ1) is 12.4. The minimum Gasteiger partial charge on any atom is -0.383 e. The fourth-order valence-electron chi connectivity index (χ4n) is 0.918. The van der Waals surface area contributed by atoms with E-state index in [4.69, 9.17) is 0 Å². The number of carbonyl (C=O) groups is 5. The summed E-state index contributed by atoms with van der Waals surface area (Å²) in [5.41, 5.74) is 0.0483. The van der Waals surface area contributed by atoms with Gasteiger partial charge in [0.1, 0.15) is 0 Å². The number of hydrogen-bond acceptors (Lipinski definition) is 6. The maximum absolute atomic E-state index is 11.3. The van der Waals surface area contributed by atoms with Crippen molar-refractivity contribution in [3.8, 4) is 0 Å². The zero-order valence-corrected chi connectivity index (χ0v) is 8.41. The molecule has 6 nitrogen and oxygen atoms in total. The highest BCUT2D eigenvalue weighted by Crippen LogP contribution is 2.01. The van der Waals surface area contributed by atoms with Crippen molar-refractivity contribution >= 4 is 29.8 Å². The van der Waals surface area contributed by atoms with Crippen molar-refractivity contribution < 1.29 is 28.7 Å². The smallest absolute Gasteiger partial charge is 0.383 e. The lowest BCUT2D eigenvalue weighted by Gasteiger charge is -1.99. The van der Waals surface area contributed by atoms with Gasteiger partial charge in [0.2, 0.25) is 0 Å². The highest BCUT2D eigenvalue weighted by Gasteiger charge is 2.26. The zero-order chi connectivity index (χ0) is 12.8. The molecule has 0 heterocycles. The Morgan fingerprint density at radius 2 is 1.59 bits per heavy atom. The normalized spacial score (nSPS) is 9.18. The fourth-order valence-corrected chi connectivity index (χ4v) is 0.918. The van der Waals surface area contributed by atoms with Crippen LogP contribution in [0.15, 0.2) is 30.3 Å². The van der Waals surface area contributed by atoms with Crippen LogP contribution in [0.25, 0.3) is 0 Å². The molecule has 0 N–H and O–H groups in total. The van der Waals surface area contributed by atoms with E-state index in [-0.39, 0.29) is 11.8 Å². The van der Waals surface area contributed by atoms with Crippen molar-refractivity contribution in [3.05, 3.63) is 35.9 Å². The van der Waals surface area contributed by atoms with Crippen LogP contribution in [0.2, 0.25) is 0 Å². The topological polar surface area (TPSA) is 94.6 Å². The summed E-state index contributed by atoms with van der Waals surface area (Å²) in [6.07, 6.45) is -0.323. The first-order valence-electron chi connectivity index (χ1n) is 4.41. The summed E-state index contributed by atoms with van der Waals surface area (Å²) in [7, 11) is 0. The minimum atomic E-state index is -1.68. The second-order valence-electron chi connectivity index (χ2n) is 2.85. The number of ketones is 2. The first-order chi connectivity index (χ1) is 8.06. The SMILES string of the molecule is O=CC(=O)C(=O)C(=O)OC(=O)c1ccccc1. The molecule has 0 aliphatic carbocycles. The van der Waals surface area contributed by atoms with Gasteiger partial charge in [-0.2, -0.15) is 0 Å². The highest BCUT2D eigenvalue weighted by atomic mass is 16.6. The summed E-state index contributed by atoms with van der Waals surface area (Å²) in [6, 6.07) is 7.42. The Balaban J connectivity index is 2.71. The molecule has 1 aromatic rings. The molecule has 1 rings (SSSR count). The van der Waals surface area contributed by atoms with E-state index < -0.39 is 23.5 Å². The maximum atomic E-state index is 11.3. The molecule has 0 bridgehead atoms. The molecule has 0 saturated carbocycles. The lowest BCUT2D eigenvalue weighted by Crippen LogP contribution is -2.28. The van der Waals surface area contributed by atoms with Gasteiger partial charge in [-0.25, -0.2) is 9.59 Å². The number of rotatable bonds is 4. The monoisotopic (exact) mass is 234 g/mol. The third-order valence-corrected chi connectivity index (χ3v) is 1.71.